The number of ether oxygens (including phenoxy) is 2. The molecule has 0 radical (unpaired) electrons. The lowest BCUT2D eigenvalue weighted by atomic mass is 10.0. The molecule has 0 aliphatic heterocycles. The second kappa shape index (κ2) is 14.3. The molecular formula is C25H34N4O8. The van der Waals surface area contributed by atoms with Crippen LogP contribution in [0.1, 0.15) is 58.6 Å². The van der Waals surface area contributed by atoms with Crippen molar-refractivity contribution in [3.63, 3.8) is 0 Å². The van der Waals surface area contributed by atoms with Gasteiger partial charge in [0.05, 0.1) is 13.0 Å². The standard InChI is InChI=1S/C25H34N4O8/c1-6-29(23(34)18(12-13-19(26)31)28-24(35)37-25(3,4)5)21(16-8-10-17(30)11-9-16)22(33)27-15-14-20(32)36-7-2/h1,8-11,18,21,30H,7,12-15H2,2-5H3,(H2,26,31)(H,27,33)(H,28,35). The molecule has 12 heteroatoms. The molecule has 4 amide bonds. The summed E-state index contributed by atoms with van der Waals surface area (Å²) in [5.41, 5.74) is 4.59. The van der Waals surface area contributed by atoms with E-state index >= 15 is 0 Å². The monoisotopic (exact) mass is 518 g/mol. The average molecular weight is 519 g/mol. The number of carbonyl (C=O) groups is 5. The lowest BCUT2D eigenvalue weighted by Crippen LogP contribution is -2.51. The number of nitrogens with two attached hydrogens (primary N) is 1. The molecule has 0 aliphatic rings. The number of phenols is 1. The van der Waals surface area contributed by atoms with Crippen LogP contribution in [0.5, 0.6) is 5.75 Å². The number of alkyl carbamates (subject to hydrolysis) is 1. The van der Waals surface area contributed by atoms with E-state index in [0.29, 0.717) is 0 Å². The first-order valence-electron chi connectivity index (χ1n) is 11.6. The van der Waals surface area contributed by atoms with Gasteiger partial charge in [0.25, 0.3) is 5.91 Å². The van der Waals surface area contributed by atoms with Crippen molar-refractivity contribution in [2.75, 3.05) is 13.2 Å². The van der Waals surface area contributed by atoms with E-state index in [1.165, 1.54) is 24.3 Å². The van der Waals surface area contributed by atoms with Gasteiger partial charge in [0, 0.05) is 19.0 Å². The maximum absolute atomic E-state index is 13.5. The highest BCUT2D eigenvalue weighted by Crippen LogP contribution is 2.24. The summed E-state index contributed by atoms with van der Waals surface area (Å²) >= 11 is 0. The number of benzene rings is 1. The Hall–Kier alpha value is -4.27. The number of phenolic OH excluding ortho intramolecular Hbond substituents is 1. The third-order valence-corrected chi connectivity index (χ3v) is 4.69. The van der Waals surface area contributed by atoms with Crippen molar-refractivity contribution in [1.82, 2.24) is 15.5 Å². The van der Waals surface area contributed by atoms with Gasteiger partial charge >= 0.3 is 12.1 Å². The molecular weight excluding hydrogens is 484 g/mol. The first-order chi connectivity index (χ1) is 17.3. The van der Waals surface area contributed by atoms with Gasteiger partial charge in [-0.05, 0) is 51.8 Å². The molecule has 5 N–H and O–H groups in total. The minimum atomic E-state index is -1.41. The van der Waals surface area contributed by atoms with E-state index in [9.17, 15) is 29.1 Å². The summed E-state index contributed by atoms with van der Waals surface area (Å²) in [4.78, 5) is 62.8. The predicted molar refractivity (Wildman–Crippen MR) is 132 cm³/mol. The Bertz CT molecular complexity index is 1010. The molecule has 1 aromatic carbocycles. The van der Waals surface area contributed by atoms with Crippen LogP contribution < -0.4 is 16.4 Å². The SMILES string of the molecule is C#CN(C(=O)C(CCC(N)=O)NC(=O)OC(C)(C)C)C(C(=O)NCCC(=O)OCC)c1ccc(O)cc1. The lowest BCUT2D eigenvalue weighted by molar-refractivity contribution is -0.143. The highest BCUT2D eigenvalue weighted by atomic mass is 16.6. The van der Waals surface area contributed by atoms with Gasteiger partial charge in [-0.15, -0.1) is 0 Å². The summed E-state index contributed by atoms with van der Waals surface area (Å²) in [5, 5.41) is 14.6. The summed E-state index contributed by atoms with van der Waals surface area (Å²) < 4.78 is 10.0. The molecule has 2 unspecified atom stereocenters. The van der Waals surface area contributed by atoms with Gasteiger partial charge in [-0.2, -0.15) is 0 Å². The minimum absolute atomic E-state index is 0.0882. The topological polar surface area (TPSA) is 177 Å². The second-order valence-corrected chi connectivity index (χ2v) is 8.88. The number of nitrogens with zero attached hydrogens (tertiary/aromatic N) is 1. The fraction of sp³-hybridized carbons (Fsp3) is 0.480. The van der Waals surface area contributed by atoms with Gasteiger partial charge in [0.15, 0.2) is 0 Å². The van der Waals surface area contributed by atoms with E-state index in [1.54, 1.807) is 27.7 Å². The van der Waals surface area contributed by atoms with Crippen LogP contribution in [0.2, 0.25) is 0 Å². The van der Waals surface area contributed by atoms with Crippen molar-refractivity contribution in [1.29, 1.82) is 0 Å². The zero-order valence-electron chi connectivity index (χ0n) is 21.4. The maximum atomic E-state index is 13.5. The molecule has 0 saturated carbocycles. The zero-order chi connectivity index (χ0) is 28.2. The summed E-state index contributed by atoms with van der Waals surface area (Å²) in [7, 11) is 0. The molecule has 0 fully saturated rings. The zero-order valence-corrected chi connectivity index (χ0v) is 21.4. The fourth-order valence-corrected chi connectivity index (χ4v) is 3.12. The van der Waals surface area contributed by atoms with Crippen molar-refractivity contribution >= 4 is 29.8 Å². The molecule has 1 aromatic rings. The number of hydrogen-bond acceptors (Lipinski definition) is 8. The van der Waals surface area contributed by atoms with Crippen LogP contribution in [0, 0.1) is 12.5 Å². The van der Waals surface area contributed by atoms with E-state index in [-0.39, 0.29) is 43.7 Å². The normalized spacial score (nSPS) is 12.3. The summed E-state index contributed by atoms with van der Waals surface area (Å²) in [6.45, 7) is 6.61. The van der Waals surface area contributed by atoms with E-state index in [4.69, 9.17) is 21.6 Å². The van der Waals surface area contributed by atoms with Crippen LogP contribution in [0.3, 0.4) is 0 Å². The number of aromatic hydroxyl groups is 1. The number of carbonyl (C=O) groups excluding carboxylic acids is 5. The maximum Gasteiger partial charge on any atom is 0.408 e. The van der Waals surface area contributed by atoms with Gasteiger partial charge < -0.3 is 30.9 Å². The molecule has 37 heavy (non-hydrogen) atoms. The number of amides is 4. The van der Waals surface area contributed by atoms with Crippen LogP contribution in [0.4, 0.5) is 4.79 Å². The van der Waals surface area contributed by atoms with E-state index in [0.717, 1.165) is 4.90 Å². The van der Waals surface area contributed by atoms with E-state index < -0.39 is 47.5 Å². The number of rotatable bonds is 12. The van der Waals surface area contributed by atoms with E-state index in [2.05, 4.69) is 16.7 Å². The molecule has 12 nitrogen and oxygen atoms in total. The highest BCUT2D eigenvalue weighted by Gasteiger charge is 2.36. The summed E-state index contributed by atoms with van der Waals surface area (Å²) in [5.74, 6) is -2.94. The molecule has 202 valence electrons. The van der Waals surface area contributed by atoms with E-state index in [1.807, 2.05) is 0 Å². The Morgan fingerprint density at radius 2 is 1.76 bits per heavy atom. The Morgan fingerprint density at radius 1 is 1.14 bits per heavy atom. The van der Waals surface area contributed by atoms with Crippen LogP contribution in [-0.2, 0) is 28.7 Å². The van der Waals surface area contributed by atoms with Crippen molar-refractivity contribution in [2.24, 2.45) is 5.73 Å². The predicted octanol–water partition coefficient (Wildman–Crippen LogP) is 1.08. The van der Waals surface area contributed by atoms with Crippen LogP contribution >= 0.6 is 0 Å². The van der Waals surface area contributed by atoms with Crippen LogP contribution in [0.15, 0.2) is 24.3 Å². The Balaban J connectivity index is 3.28. The average Bonchev–Trinajstić information content (AvgIpc) is 2.79. The van der Waals surface area contributed by atoms with Crippen molar-refractivity contribution in [3.05, 3.63) is 29.8 Å². The van der Waals surface area contributed by atoms with Crippen molar-refractivity contribution < 1.29 is 38.6 Å². The van der Waals surface area contributed by atoms with Crippen molar-refractivity contribution in [3.8, 4) is 18.2 Å². The van der Waals surface area contributed by atoms with Crippen LogP contribution in [-0.4, -0.2) is 64.6 Å². The Kier molecular flexibility index (Phi) is 11.9. The summed E-state index contributed by atoms with van der Waals surface area (Å²) in [6.07, 6.45) is 4.11. The molecule has 2 atom stereocenters. The Labute approximate surface area is 215 Å². The first kappa shape index (κ1) is 30.8. The number of hydrogen-bond donors (Lipinski definition) is 4. The third kappa shape index (κ3) is 10.9. The second-order valence-electron chi connectivity index (χ2n) is 8.88. The number of primary amides is 1. The molecule has 0 heterocycles. The molecule has 1 rings (SSSR count). The quantitative estimate of drug-likeness (QED) is 0.180. The largest absolute Gasteiger partial charge is 0.508 e. The first-order valence-corrected chi connectivity index (χ1v) is 11.6. The molecule has 0 spiro atoms. The number of nitrogens with one attached hydrogen (secondary N) is 2. The number of esters is 1. The van der Waals surface area contributed by atoms with Gasteiger partial charge in [-0.1, -0.05) is 18.6 Å². The third-order valence-electron chi connectivity index (χ3n) is 4.69. The molecule has 0 aromatic heterocycles. The van der Waals surface area contributed by atoms with Crippen LogP contribution in [0.25, 0.3) is 0 Å². The Morgan fingerprint density at radius 3 is 2.27 bits per heavy atom. The minimum Gasteiger partial charge on any atom is -0.508 e. The van der Waals surface area contributed by atoms with Gasteiger partial charge in [0.2, 0.25) is 11.8 Å². The molecule has 0 bridgehead atoms. The highest BCUT2D eigenvalue weighted by molar-refractivity contribution is 5.93. The van der Waals surface area contributed by atoms with Gasteiger partial charge in [0.1, 0.15) is 23.4 Å². The number of terminal acetylenes is 1. The smallest absolute Gasteiger partial charge is 0.408 e. The molecule has 0 aliphatic carbocycles. The van der Waals surface area contributed by atoms with Crippen molar-refractivity contribution in [2.45, 2.75) is 64.6 Å². The molecule has 0 saturated heterocycles. The lowest BCUT2D eigenvalue weighted by Gasteiger charge is -2.30. The van der Waals surface area contributed by atoms with Gasteiger partial charge in [-0.3, -0.25) is 24.1 Å². The summed E-state index contributed by atoms with van der Waals surface area (Å²) in [6, 6.07) is 4.79. The fourth-order valence-electron chi connectivity index (χ4n) is 3.12. The van der Waals surface area contributed by atoms with Gasteiger partial charge in [-0.25, -0.2) is 4.79 Å².